The summed E-state index contributed by atoms with van der Waals surface area (Å²) in [5.74, 6) is 1.42. The lowest BCUT2D eigenvalue weighted by molar-refractivity contribution is 0.510. The topological polar surface area (TPSA) is 22.8 Å². The van der Waals surface area contributed by atoms with Gasteiger partial charge in [-0.2, -0.15) is 0 Å². The van der Waals surface area contributed by atoms with Crippen molar-refractivity contribution < 1.29 is 0 Å². The predicted octanol–water partition coefficient (Wildman–Crippen LogP) is 11.6. The Kier molecular flexibility index (Phi) is 5.49. The second-order valence-electron chi connectivity index (χ2n) is 12.4. The number of para-hydroxylation sites is 2. The molecule has 2 atom stereocenters. The number of thiophene rings is 1. The lowest BCUT2D eigenvalue weighted by Gasteiger charge is -2.24. The van der Waals surface area contributed by atoms with Gasteiger partial charge in [0.05, 0.1) is 21.8 Å². The van der Waals surface area contributed by atoms with Crippen molar-refractivity contribution >= 4 is 75.1 Å². The normalized spacial score (nSPS) is 16.6. The van der Waals surface area contributed by atoms with E-state index in [1.807, 2.05) is 17.5 Å². The minimum atomic E-state index is 0.291. The Hall–Kier alpha value is -5.45. The first-order valence-electron chi connectivity index (χ1n) is 15.9. The number of fused-ring (bicyclic) bond motifs is 9. The summed E-state index contributed by atoms with van der Waals surface area (Å²) >= 11 is 1.82. The molecule has 10 rings (SSSR count). The van der Waals surface area contributed by atoms with Crippen molar-refractivity contribution in [3.8, 4) is 16.9 Å². The fraction of sp³-hybridized carbons (Fsp3) is 0.0714. The minimum Gasteiger partial charge on any atom is -0.333 e. The number of hydrogen-bond donors (Lipinski definition) is 0. The molecule has 1 aliphatic rings. The zero-order valence-corrected chi connectivity index (χ0v) is 26.1. The van der Waals surface area contributed by atoms with Crippen LogP contribution < -0.4 is 0 Å². The van der Waals surface area contributed by atoms with Crippen LogP contribution >= 0.6 is 11.3 Å². The van der Waals surface area contributed by atoms with Crippen LogP contribution in [-0.4, -0.2) is 14.1 Å². The van der Waals surface area contributed by atoms with Crippen LogP contribution in [0.25, 0.3) is 80.7 Å². The van der Waals surface area contributed by atoms with Crippen LogP contribution in [0.4, 0.5) is 0 Å². The Labute approximate surface area is 270 Å². The molecule has 4 heteroatoms. The van der Waals surface area contributed by atoms with Gasteiger partial charge in [-0.15, -0.1) is 11.3 Å². The van der Waals surface area contributed by atoms with Crippen LogP contribution in [0.15, 0.2) is 146 Å². The highest BCUT2D eigenvalue weighted by molar-refractivity contribution is 7.26. The first-order chi connectivity index (χ1) is 22.7. The third-order valence-electron chi connectivity index (χ3n) is 9.87. The molecule has 5 aromatic carbocycles. The second-order valence-corrected chi connectivity index (χ2v) is 13.5. The molecule has 0 radical (unpaired) electrons. The van der Waals surface area contributed by atoms with Gasteiger partial charge >= 0.3 is 0 Å². The Balaban J connectivity index is 1.18. The maximum atomic E-state index is 5.00. The molecule has 3 nitrogen and oxygen atoms in total. The quantitative estimate of drug-likeness (QED) is 0.196. The Morgan fingerprint density at radius 2 is 1.17 bits per heavy atom. The molecule has 0 saturated heterocycles. The van der Waals surface area contributed by atoms with Crippen LogP contribution in [0.5, 0.6) is 0 Å². The van der Waals surface area contributed by atoms with E-state index in [1.165, 1.54) is 74.9 Å². The van der Waals surface area contributed by atoms with Gasteiger partial charge in [-0.25, -0.2) is 4.98 Å². The molecule has 0 aliphatic heterocycles. The summed E-state index contributed by atoms with van der Waals surface area (Å²) in [6.07, 6.45) is 10.9. The summed E-state index contributed by atoms with van der Waals surface area (Å²) in [7, 11) is 0. The van der Waals surface area contributed by atoms with E-state index in [1.54, 1.807) is 0 Å². The molecule has 4 heterocycles. The van der Waals surface area contributed by atoms with Crippen molar-refractivity contribution in [1.29, 1.82) is 0 Å². The van der Waals surface area contributed by atoms with Gasteiger partial charge in [0.1, 0.15) is 0 Å². The molecule has 0 bridgehead atoms. The highest BCUT2D eigenvalue weighted by Crippen LogP contribution is 2.42. The fourth-order valence-corrected chi connectivity index (χ4v) is 8.89. The van der Waals surface area contributed by atoms with E-state index < -0.39 is 0 Å². The number of benzene rings is 5. The summed E-state index contributed by atoms with van der Waals surface area (Å²) in [5, 5.41) is 7.62. The molecule has 0 N–H and O–H groups in total. The van der Waals surface area contributed by atoms with Crippen LogP contribution in [0, 0.1) is 5.92 Å². The van der Waals surface area contributed by atoms with Crippen LogP contribution in [0.3, 0.4) is 0 Å². The molecule has 2 unspecified atom stereocenters. The molecular formula is C42H29N3S. The summed E-state index contributed by atoms with van der Waals surface area (Å²) in [6, 6.07) is 42.6. The maximum Gasteiger partial charge on any atom is 0.155 e. The monoisotopic (exact) mass is 607 g/mol. The minimum absolute atomic E-state index is 0.291. The zero-order chi connectivity index (χ0) is 30.4. The first-order valence-corrected chi connectivity index (χ1v) is 16.7. The molecule has 9 aromatic rings. The second kappa shape index (κ2) is 9.77. The van der Waals surface area contributed by atoms with Crippen molar-refractivity contribution in [1.82, 2.24) is 14.1 Å². The van der Waals surface area contributed by atoms with Crippen molar-refractivity contribution in [2.24, 2.45) is 5.92 Å². The average Bonchev–Trinajstić information content (AvgIpc) is 3.76. The molecule has 4 aromatic heterocycles. The Bertz CT molecular complexity index is 2730. The SMILES string of the molecule is CC1C=CC=CC1n1c2ccccc2c2cc(-c3ccc4c(c3)c3ccccc3n4-c3nccc4c3sc3ccccc34)ccc21. The van der Waals surface area contributed by atoms with Gasteiger partial charge in [-0.05, 0) is 65.6 Å². The molecule has 0 spiro atoms. The summed E-state index contributed by atoms with van der Waals surface area (Å²) in [5.41, 5.74) is 7.36. The van der Waals surface area contributed by atoms with E-state index >= 15 is 0 Å². The largest absolute Gasteiger partial charge is 0.333 e. The number of nitrogens with zero attached hydrogens (tertiary/aromatic N) is 3. The number of rotatable bonds is 3. The van der Waals surface area contributed by atoms with Gasteiger partial charge in [-0.3, -0.25) is 4.57 Å². The number of aromatic nitrogens is 3. The Morgan fingerprint density at radius 3 is 1.98 bits per heavy atom. The molecule has 218 valence electrons. The molecule has 46 heavy (non-hydrogen) atoms. The summed E-state index contributed by atoms with van der Waals surface area (Å²) < 4.78 is 7.39. The lowest BCUT2D eigenvalue weighted by atomic mass is 9.96. The van der Waals surface area contributed by atoms with Crippen molar-refractivity contribution in [3.63, 3.8) is 0 Å². The van der Waals surface area contributed by atoms with Gasteiger partial charge in [0.25, 0.3) is 0 Å². The van der Waals surface area contributed by atoms with Gasteiger partial charge < -0.3 is 4.57 Å². The van der Waals surface area contributed by atoms with Gasteiger partial charge in [0.2, 0.25) is 0 Å². The maximum absolute atomic E-state index is 5.00. The van der Waals surface area contributed by atoms with E-state index in [0.717, 1.165) is 5.82 Å². The van der Waals surface area contributed by atoms with E-state index in [0.29, 0.717) is 12.0 Å². The van der Waals surface area contributed by atoms with E-state index in [2.05, 4.69) is 156 Å². The lowest BCUT2D eigenvalue weighted by Crippen LogP contribution is -2.15. The third kappa shape index (κ3) is 3.62. The average molecular weight is 608 g/mol. The van der Waals surface area contributed by atoms with Crippen LogP contribution in [0.1, 0.15) is 13.0 Å². The van der Waals surface area contributed by atoms with Crippen molar-refractivity contribution in [2.45, 2.75) is 13.0 Å². The molecule has 0 fully saturated rings. The van der Waals surface area contributed by atoms with Gasteiger partial charge in [0, 0.05) is 54.2 Å². The number of allylic oxidation sites excluding steroid dienone is 4. The standard InChI is InChI=1S/C42H29N3S/c1-26-10-2-6-14-35(26)44-36-15-7-3-11-29(36)33-24-27(18-20-38(33)44)28-19-21-39-34(25-28)30-12-4-8-16-37(30)45(39)42-41-32(22-23-43-42)31-13-5-9-17-40(31)46-41/h2-26,35H,1H3. The van der Waals surface area contributed by atoms with Crippen molar-refractivity contribution in [2.75, 3.05) is 0 Å². The molecule has 0 saturated carbocycles. The molecule has 1 aliphatic carbocycles. The van der Waals surface area contributed by atoms with E-state index in [-0.39, 0.29) is 0 Å². The molecule has 0 amide bonds. The van der Waals surface area contributed by atoms with Crippen LogP contribution in [-0.2, 0) is 0 Å². The number of pyridine rings is 1. The van der Waals surface area contributed by atoms with E-state index in [9.17, 15) is 0 Å². The van der Waals surface area contributed by atoms with E-state index in [4.69, 9.17) is 4.98 Å². The number of hydrogen-bond acceptors (Lipinski definition) is 2. The highest BCUT2D eigenvalue weighted by Gasteiger charge is 2.22. The zero-order valence-electron chi connectivity index (χ0n) is 25.3. The molecular weight excluding hydrogens is 579 g/mol. The Morgan fingerprint density at radius 1 is 0.565 bits per heavy atom. The van der Waals surface area contributed by atoms with Gasteiger partial charge in [-0.1, -0.05) is 98.0 Å². The summed E-state index contributed by atoms with van der Waals surface area (Å²) in [6.45, 7) is 2.31. The fourth-order valence-electron chi connectivity index (χ4n) is 7.71. The van der Waals surface area contributed by atoms with Gasteiger partial charge in [0.15, 0.2) is 5.82 Å². The predicted molar refractivity (Wildman–Crippen MR) is 196 cm³/mol. The highest BCUT2D eigenvalue weighted by atomic mass is 32.1. The third-order valence-corrected chi connectivity index (χ3v) is 11.1. The van der Waals surface area contributed by atoms with Crippen LogP contribution in [0.2, 0.25) is 0 Å². The summed E-state index contributed by atoms with van der Waals surface area (Å²) in [4.78, 5) is 5.00. The smallest absolute Gasteiger partial charge is 0.155 e. The first kappa shape index (κ1) is 25.8. The van der Waals surface area contributed by atoms with Crippen molar-refractivity contribution in [3.05, 3.63) is 146 Å².